The van der Waals surface area contributed by atoms with Gasteiger partial charge in [0.25, 0.3) is 0 Å². The number of benzene rings is 1. The van der Waals surface area contributed by atoms with E-state index in [-0.39, 0.29) is 11.9 Å². The van der Waals surface area contributed by atoms with Crippen molar-refractivity contribution >= 4 is 0 Å². The Morgan fingerprint density at radius 2 is 1.92 bits per heavy atom. The van der Waals surface area contributed by atoms with Crippen molar-refractivity contribution in [1.29, 1.82) is 0 Å². The van der Waals surface area contributed by atoms with Crippen molar-refractivity contribution in [1.82, 2.24) is 20.2 Å². The van der Waals surface area contributed by atoms with E-state index in [4.69, 9.17) is 0 Å². The molecule has 1 aromatic carbocycles. The van der Waals surface area contributed by atoms with Gasteiger partial charge in [-0.25, -0.2) is 4.39 Å². The van der Waals surface area contributed by atoms with Crippen LogP contribution in [0.3, 0.4) is 0 Å². The third-order valence-corrected chi connectivity index (χ3v) is 4.75. The van der Waals surface area contributed by atoms with Gasteiger partial charge in [-0.05, 0) is 45.8 Å². The molecule has 2 aromatic rings. The van der Waals surface area contributed by atoms with Crippen LogP contribution in [0.2, 0.25) is 0 Å². The molecular formula is C19H25FN4. The monoisotopic (exact) mass is 328 g/mol. The van der Waals surface area contributed by atoms with Crippen LogP contribution in [0, 0.1) is 12.7 Å². The summed E-state index contributed by atoms with van der Waals surface area (Å²) >= 11 is 0. The van der Waals surface area contributed by atoms with Crippen molar-refractivity contribution in [3.05, 3.63) is 59.4 Å². The third-order valence-electron chi connectivity index (χ3n) is 4.75. The summed E-state index contributed by atoms with van der Waals surface area (Å²) in [5, 5.41) is 3.67. The number of likely N-dealkylation sites (tertiary alicyclic amines) is 1. The number of aromatic nitrogens is 2. The summed E-state index contributed by atoms with van der Waals surface area (Å²) in [4.78, 5) is 11.1. The Labute approximate surface area is 143 Å². The number of rotatable bonds is 5. The smallest absolute Gasteiger partial charge is 0.127 e. The van der Waals surface area contributed by atoms with E-state index in [9.17, 15) is 4.39 Å². The van der Waals surface area contributed by atoms with Gasteiger partial charge in [0.2, 0.25) is 0 Å². The molecule has 3 rings (SSSR count). The fraction of sp³-hybridized carbons (Fsp3) is 0.474. The zero-order valence-corrected chi connectivity index (χ0v) is 14.4. The maximum atomic E-state index is 13.8. The van der Waals surface area contributed by atoms with Gasteiger partial charge < -0.3 is 5.32 Å². The SMILES string of the molecule is Cc1nccnc1[C@H](C)NC1CCN(Cc2ccccc2F)CC1. The van der Waals surface area contributed by atoms with Gasteiger partial charge in [-0.1, -0.05) is 18.2 Å². The number of hydrogen-bond acceptors (Lipinski definition) is 4. The highest BCUT2D eigenvalue weighted by molar-refractivity contribution is 5.17. The summed E-state index contributed by atoms with van der Waals surface area (Å²) in [7, 11) is 0. The zero-order valence-electron chi connectivity index (χ0n) is 14.4. The predicted molar refractivity (Wildman–Crippen MR) is 93.0 cm³/mol. The molecule has 2 heterocycles. The van der Waals surface area contributed by atoms with Gasteiger partial charge in [-0.2, -0.15) is 0 Å². The van der Waals surface area contributed by atoms with Crippen LogP contribution in [-0.4, -0.2) is 34.0 Å². The quantitative estimate of drug-likeness (QED) is 0.915. The largest absolute Gasteiger partial charge is 0.306 e. The maximum absolute atomic E-state index is 13.8. The van der Waals surface area contributed by atoms with Crippen molar-refractivity contribution in [2.24, 2.45) is 0 Å². The number of piperidine rings is 1. The van der Waals surface area contributed by atoms with Gasteiger partial charge in [0, 0.05) is 36.6 Å². The summed E-state index contributed by atoms with van der Waals surface area (Å²) in [6.07, 6.45) is 5.61. The zero-order chi connectivity index (χ0) is 16.9. The Kier molecular flexibility index (Phi) is 5.53. The molecule has 0 amide bonds. The van der Waals surface area contributed by atoms with E-state index < -0.39 is 0 Å². The Bertz CT molecular complexity index is 668. The number of halogens is 1. The number of hydrogen-bond donors (Lipinski definition) is 1. The summed E-state index contributed by atoms with van der Waals surface area (Å²) in [6, 6.07) is 7.72. The minimum atomic E-state index is -0.107. The molecule has 1 saturated heterocycles. The lowest BCUT2D eigenvalue weighted by atomic mass is 10.0. The molecule has 0 spiro atoms. The first kappa shape index (κ1) is 17.0. The van der Waals surface area contributed by atoms with Crippen molar-refractivity contribution in [2.45, 2.75) is 45.3 Å². The molecule has 0 saturated carbocycles. The third kappa shape index (κ3) is 4.16. The van der Waals surface area contributed by atoms with Crippen LogP contribution in [0.25, 0.3) is 0 Å². The fourth-order valence-corrected chi connectivity index (χ4v) is 3.40. The van der Waals surface area contributed by atoms with Gasteiger partial charge in [0.05, 0.1) is 11.4 Å². The molecule has 0 radical (unpaired) electrons. The van der Waals surface area contributed by atoms with E-state index in [2.05, 4.69) is 27.1 Å². The van der Waals surface area contributed by atoms with Crippen LogP contribution in [0.5, 0.6) is 0 Å². The van der Waals surface area contributed by atoms with Crippen LogP contribution in [0.15, 0.2) is 36.7 Å². The topological polar surface area (TPSA) is 41.1 Å². The molecule has 1 atom stereocenters. The molecular weight excluding hydrogens is 303 g/mol. The van der Waals surface area contributed by atoms with Crippen LogP contribution >= 0.6 is 0 Å². The molecule has 128 valence electrons. The molecule has 1 aromatic heterocycles. The molecule has 0 bridgehead atoms. The van der Waals surface area contributed by atoms with E-state index in [1.807, 2.05) is 19.1 Å². The molecule has 0 aliphatic carbocycles. The molecule has 5 heteroatoms. The Morgan fingerprint density at radius 3 is 2.62 bits per heavy atom. The molecule has 1 aliphatic heterocycles. The first-order valence-electron chi connectivity index (χ1n) is 8.63. The van der Waals surface area contributed by atoms with Gasteiger partial charge in [0.15, 0.2) is 0 Å². The molecule has 0 unspecified atom stereocenters. The number of nitrogens with one attached hydrogen (secondary N) is 1. The van der Waals surface area contributed by atoms with Crippen LogP contribution in [0.1, 0.15) is 42.8 Å². The standard InChI is InChI=1S/C19H25FN4/c1-14-19(22-10-9-21-14)15(2)23-17-7-11-24(12-8-17)13-16-5-3-4-6-18(16)20/h3-6,9-10,15,17,23H,7-8,11-13H2,1-2H3/t15-/m0/s1. The van der Waals surface area contributed by atoms with Crippen LogP contribution in [0.4, 0.5) is 4.39 Å². The second-order valence-electron chi connectivity index (χ2n) is 6.56. The van der Waals surface area contributed by atoms with Crippen molar-refractivity contribution in [3.8, 4) is 0 Å². The van der Waals surface area contributed by atoms with E-state index in [1.165, 1.54) is 6.07 Å². The number of aryl methyl sites for hydroxylation is 1. The first-order valence-corrected chi connectivity index (χ1v) is 8.63. The summed E-state index contributed by atoms with van der Waals surface area (Å²) in [5.41, 5.74) is 2.79. The van der Waals surface area contributed by atoms with Crippen molar-refractivity contribution in [3.63, 3.8) is 0 Å². The highest BCUT2D eigenvalue weighted by Gasteiger charge is 2.22. The van der Waals surface area contributed by atoms with Gasteiger partial charge >= 0.3 is 0 Å². The average Bonchev–Trinajstić information content (AvgIpc) is 2.59. The molecule has 24 heavy (non-hydrogen) atoms. The molecule has 1 fully saturated rings. The van der Waals surface area contributed by atoms with Gasteiger partial charge in [0.1, 0.15) is 5.82 Å². The van der Waals surface area contributed by atoms with E-state index in [1.54, 1.807) is 18.5 Å². The second-order valence-corrected chi connectivity index (χ2v) is 6.56. The summed E-state index contributed by atoms with van der Waals surface area (Å²) in [6.45, 7) is 6.80. The van der Waals surface area contributed by atoms with Gasteiger partial charge in [-0.15, -0.1) is 0 Å². The fourth-order valence-electron chi connectivity index (χ4n) is 3.40. The van der Waals surface area contributed by atoms with E-state index in [0.717, 1.165) is 42.9 Å². The van der Waals surface area contributed by atoms with Crippen LogP contribution in [-0.2, 0) is 6.54 Å². The Morgan fingerprint density at radius 1 is 1.21 bits per heavy atom. The molecule has 4 nitrogen and oxygen atoms in total. The number of nitrogens with zero attached hydrogens (tertiary/aromatic N) is 3. The Balaban J connectivity index is 1.50. The van der Waals surface area contributed by atoms with Crippen LogP contribution < -0.4 is 5.32 Å². The summed E-state index contributed by atoms with van der Waals surface area (Å²) < 4.78 is 13.8. The lowest BCUT2D eigenvalue weighted by Crippen LogP contribution is -2.43. The van der Waals surface area contributed by atoms with E-state index in [0.29, 0.717) is 12.6 Å². The molecule has 1 aliphatic rings. The minimum Gasteiger partial charge on any atom is -0.306 e. The highest BCUT2D eigenvalue weighted by atomic mass is 19.1. The predicted octanol–water partition coefficient (Wildman–Crippen LogP) is 3.24. The summed E-state index contributed by atoms with van der Waals surface area (Å²) in [5.74, 6) is -0.107. The average molecular weight is 328 g/mol. The highest BCUT2D eigenvalue weighted by Crippen LogP contribution is 2.19. The molecule has 1 N–H and O–H groups in total. The lowest BCUT2D eigenvalue weighted by molar-refractivity contribution is 0.183. The van der Waals surface area contributed by atoms with Gasteiger partial charge in [-0.3, -0.25) is 14.9 Å². The normalized spacial score (nSPS) is 17.8. The Hall–Kier alpha value is -1.85. The van der Waals surface area contributed by atoms with Crippen molar-refractivity contribution < 1.29 is 4.39 Å². The van der Waals surface area contributed by atoms with E-state index >= 15 is 0 Å². The second kappa shape index (κ2) is 7.81. The lowest BCUT2D eigenvalue weighted by Gasteiger charge is -2.34. The minimum absolute atomic E-state index is 0.107. The van der Waals surface area contributed by atoms with Crippen molar-refractivity contribution in [2.75, 3.05) is 13.1 Å². The maximum Gasteiger partial charge on any atom is 0.127 e. The first-order chi connectivity index (χ1) is 11.6.